The Morgan fingerprint density at radius 3 is 2.22 bits per heavy atom. The molecule has 0 saturated heterocycles. The van der Waals surface area contributed by atoms with Gasteiger partial charge in [0.15, 0.2) is 0 Å². The number of hydrogen-bond donors (Lipinski definition) is 2. The van der Waals surface area contributed by atoms with E-state index in [2.05, 4.69) is 0 Å². The fourth-order valence-corrected chi connectivity index (χ4v) is 2.53. The van der Waals surface area contributed by atoms with E-state index in [0.717, 1.165) is 11.1 Å². The Kier molecular flexibility index (Phi) is 3.47. The molecule has 0 heterocycles. The largest absolute Gasteiger partial charge is 0.326 e. The standard InChI is InChI=1S/C13H13NO3S/c14-9-12-7-6-11(8-13(12)18(15,16)17)10-4-2-1-3-5-10/h1-8H,9,14H2,(H,15,16,17). The highest BCUT2D eigenvalue weighted by Crippen LogP contribution is 2.25. The normalized spacial score (nSPS) is 11.4. The second-order valence-electron chi connectivity index (χ2n) is 3.87. The monoisotopic (exact) mass is 263 g/mol. The van der Waals surface area contributed by atoms with Crippen LogP contribution in [0.1, 0.15) is 5.56 Å². The van der Waals surface area contributed by atoms with Gasteiger partial charge in [0.25, 0.3) is 10.1 Å². The number of hydrogen-bond acceptors (Lipinski definition) is 3. The van der Waals surface area contributed by atoms with E-state index in [-0.39, 0.29) is 11.4 Å². The van der Waals surface area contributed by atoms with Gasteiger partial charge in [0.2, 0.25) is 0 Å². The zero-order valence-electron chi connectivity index (χ0n) is 9.58. The van der Waals surface area contributed by atoms with E-state index in [0.29, 0.717) is 5.56 Å². The number of nitrogens with two attached hydrogens (primary N) is 1. The molecule has 0 bridgehead atoms. The lowest BCUT2D eigenvalue weighted by Crippen LogP contribution is -2.07. The van der Waals surface area contributed by atoms with Gasteiger partial charge in [-0.05, 0) is 22.8 Å². The first-order chi connectivity index (χ1) is 8.52. The van der Waals surface area contributed by atoms with Crippen molar-refractivity contribution in [3.63, 3.8) is 0 Å². The van der Waals surface area contributed by atoms with E-state index in [4.69, 9.17) is 5.73 Å². The van der Waals surface area contributed by atoms with E-state index in [9.17, 15) is 13.0 Å². The van der Waals surface area contributed by atoms with Crippen LogP contribution in [0.2, 0.25) is 0 Å². The second-order valence-corrected chi connectivity index (χ2v) is 5.26. The van der Waals surface area contributed by atoms with Gasteiger partial charge in [-0.25, -0.2) is 0 Å². The molecule has 0 radical (unpaired) electrons. The van der Waals surface area contributed by atoms with Crippen LogP contribution < -0.4 is 5.73 Å². The predicted molar refractivity (Wildman–Crippen MR) is 69.6 cm³/mol. The minimum absolute atomic E-state index is 0.0597. The van der Waals surface area contributed by atoms with Gasteiger partial charge in [0, 0.05) is 6.54 Å². The molecule has 2 aromatic rings. The summed E-state index contributed by atoms with van der Waals surface area (Å²) in [6.45, 7) is 0.0597. The summed E-state index contributed by atoms with van der Waals surface area (Å²) in [7, 11) is -4.26. The van der Waals surface area contributed by atoms with Crippen molar-refractivity contribution in [1.82, 2.24) is 0 Å². The molecule has 4 nitrogen and oxygen atoms in total. The van der Waals surface area contributed by atoms with Crippen molar-refractivity contribution >= 4 is 10.1 Å². The summed E-state index contributed by atoms with van der Waals surface area (Å²) in [5, 5.41) is 0. The summed E-state index contributed by atoms with van der Waals surface area (Å²) < 4.78 is 31.8. The Hall–Kier alpha value is -1.69. The van der Waals surface area contributed by atoms with Crippen molar-refractivity contribution in [1.29, 1.82) is 0 Å². The van der Waals surface area contributed by atoms with Crippen LogP contribution in [-0.4, -0.2) is 13.0 Å². The van der Waals surface area contributed by atoms with Gasteiger partial charge in [-0.15, -0.1) is 0 Å². The molecule has 0 fully saturated rings. The molecule has 0 spiro atoms. The third-order valence-corrected chi connectivity index (χ3v) is 3.61. The lowest BCUT2D eigenvalue weighted by Gasteiger charge is -2.08. The summed E-state index contributed by atoms with van der Waals surface area (Å²) in [5.74, 6) is 0. The van der Waals surface area contributed by atoms with Crippen LogP contribution in [0.4, 0.5) is 0 Å². The van der Waals surface area contributed by atoms with Crippen LogP contribution in [0.5, 0.6) is 0 Å². The van der Waals surface area contributed by atoms with Gasteiger partial charge < -0.3 is 5.73 Å². The first-order valence-electron chi connectivity index (χ1n) is 5.38. The van der Waals surface area contributed by atoms with Gasteiger partial charge >= 0.3 is 0 Å². The van der Waals surface area contributed by atoms with Gasteiger partial charge in [0.05, 0.1) is 4.90 Å². The molecule has 0 unspecified atom stereocenters. The van der Waals surface area contributed by atoms with Crippen molar-refractivity contribution in [2.45, 2.75) is 11.4 Å². The third-order valence-electron chi connectivity index (χ3n) is 2.67. The predicted octanol–water partition coefficient (Wildman–Crippen LogP) is 2.06. The quantitative estimate of drug-likeness (QED) is 0.831. The SMILES string of the molecule is NCc1ccc(-c2ccccc2)cc1S(=O)(=O)O. The maximum Gasteiger partial charge on any atom is 0.294 e. The Morgan fingerprint density at radius 2 is 1.67 bits per heavy atom. The molecule has 2 aromatic carbocycles. The van der Waals surface area contributed by atoms with Crippen molar-refractivity contribution in [2.24, 2.45) is 5.73 Å². The molecule has 18 heavy (non-hydrogen) atoms. The first-order valence-corrected chi connectivity index (χ1v) is 6.82. The van der Waals surface area contributed by atoms with Gasteiger partial charge in [-0.1, -0.05) is 42.5 Å². The number of rotatable bonds is 3. The molecule has 0 amide bonds. The summed E-state index contributed by atoms with van der Waals surface area (Å²) >= 11 is 0. The Labute approximate surface area is 106 Å². The smallest absolute Gasteiger partial charge is 0.294 e. The Bertz CT molecular complexity index is 651. The van der Waals surface area contributed by atoms with E-state index in [1.165, 1.54) is 6.07 Å². The minimum atomic E-state index is -4.26. The van der Waals surface area contributed by atoms with E-state index < -0.39 is 10.1 Å². The molecule has 0 aliphatic rings. The summed E-state index contributed by atoms with van der Waals surface area (Å²) in [6, 6.07) is 14.2. The minimum Gasteiger partial charge on any atom is -0.326 e. The van der Waals surface area contributed by atoms with Gasteiger partial charge in [-0.2, -0.15) is 8.42 Å². The van der Waals surface area contributed by atoms with E-state index in [1.807, 2.05) is 30.3 Å². The molecule has 0 aromatic heterocycles. The van der Waals surface area contributed by atoms with Crippen LogP contribution in [0, 0.1) is 0 Å². The molecule has 0 aliphatic heterocycles. The molecule has 0 aliphatic carbocycles. The highest BCUT2D eigenvalue weighted by Gasteiger charge is 2.15. The summed E-state index contributed by atoms with van der Waals surface area (Å²) in [6.07, 6.45) is 0. The van der Waals surface area contributed by atoms with Crippen LogP contribution in [0.3, 0.4) is 0 Å². The molecular formula is C13H13NO3S. The molecule has 3 N–H and O–H groups in total. The average molecular weight is 263 g/mol. The third kappa shape index (κ3) is 2.59. The highest BCUT2D eigenvalue weighted by atomic mass is 32.2. The topological polar surface area (TPSA) is 80.4 Å². The van der Waals surface area contributed by atoms with Crippen molar-refractivity contribution in [3.05, 3.63) is 54.1 Å². The van der Waals surface area contributed by atoms with Crippen LogP contribution in [0.15, 0.2) is 53.4 Å². The van der Waals surface area contributed by atoms with E-state index in [1.54, 1.807) is 12.1 Å². The van der Waals surface area contributed by atoms with Crippen LogP contribution >= 0.6 is 0 Å². The lowest BCUT2D eigenvalue weighted by molar-refractivity contribution is 0.482. The molecular weight excluding hydrogens is 250 g/mol. The van der Waals surface area contributed by atoms with Crippen molar-refractivity contribution in [2.75, 3.05) is 0 Å². The zero-order chi connectivity index (χ0) is 13.2. The summed E-state index contributed by atoms with van der Waals surface area (Å²) in [5.41, 5.74) is 7.46. The Balaban J connectivity index is 2.61. The van der Waals surface area contributed by atoms with Crippen molar-refractivity contribution in [3.8, 4) is 11.1 Å². The highest BCUT2D eigenvalue weighted by molar-refractivity contribution is 7.85. The molecule has 94 valence electrons. The van der Waals surface area contributed by atoms with Gasteiger partial charge in [0.1, 0.15) is 0 Å². The molecule has 2 rings (SSSR count). The molecule has 5 heteroatoms. The molecule has 0 saturated carbocycles. The fourth-order valence-electron chi connectivity index (χ4n) is 1.77. The Morgan fingerprint density at radius 1 is 1.00 bits per heavy atom. The van der Waals surface area contributed by atoms with Crippen molar-refractivity contribution < 1.29 is 13.0 Å². The maximum atomic E-state index is 11.3. The van der Waals surface area contributed by atoms with Crippen LogP contribution in [0.25, 0.3) is 11.1 Å². The van der Waals surface area contributed by atoms with Gasteiger partial charge in [-0.3, -0.25) is 4.55 Å². The van der Waals surface area contributed by atoms with Crippen LogP contribution in [-0.2, 0) is 16.7 Å². The maximum absolute atomic E-state index is 11.3. The average Bonchev–Trinajstić information content (AvgIpc) is 2.38. The molecule has 0 atom stereocenters. The summed E-state index contributed by atoms with van der Waals surface area (Å²) in [4.78, 5) is -0.133. The second kappa shape index (κ2) is 4.89. The first kappa shape index (κ1) is 12.8. The number of benzene rings is 2. The van der Waals surface area contributed by atoms with E-state index >= 15 is 0 Å². The fraction of sp³-hybridized carbons (Fsp3) is 0.0769. The lowest BCUT2D eigenvalue weighted by atomic mass is 10.0. The zero-order valence-corrected chi connectivity index (χ0v) is 10.4.